The summed E-state index contributed by atoms with van der Waals surface area (Å²) in [6.07, 6.45) is 0.464. The number of aliphatic hydroxyl groups excluding tert-OH is 1. The van der Waals surface area contributed by atoms with Crippen molar-refractivity contribution in [2.45, 2.75) is 102 Å². The van der Waals surface area contributed by atoms with Crippen molar-refractivity contribution < 1.29 is 37.4 Å². The van der Waals surface area contributed by atoms with Crippen molar-refractivity contribution in [1.82, 2.24) is 20.9 Å². The molecule has 280 valence electrons. The van der Waals surface area contributed by atoms with Crippen LogP contribution in [0.15, 0.2) is 72.8 Å². The van der Waals surface area contributed by atoms with Gasteiger partial charge < -0.3 is 30.7 Å². The Labute approximate surface area is 303 Å². The van der Waals surface area contributed by atoms with E-state index in [1.165, 1.54) is 24.0 Å². The molecule has 0 radical (unpaired) electrons. The minimum absolute atomic E-state index is 0.0943. The molecule has 2 saturated heterocycles. The van der Waals surface area contributed by atoms with Crippen LogP contribution in [0, 0.1) is 23.4 Å². The second-order valence-electron chi connectivity index (χ2n) is 14.1. The van der Waals surface area contributed by atoms with E-state index >= 15 is 0 Å². The number of ether oxygens (including phenoxy) is 1. The maximum atomic E-state index is 14.4. The van der Waals surface area contributed by atoms with Crippen LogP contribution < -0.4 is 16.0 Å². The molecule has 52 heavy (non-hydrogen) atoms. The Kier molecular flexibility index (Phi) is 13.1. The van der Waals surface area contributed by atoms with E-state index < -0.39 is 47.3 Å². The summed E-state index contributed by atoms with van der Waals surface area (Å²) in [6.45, 7) is 6.10. The molecule has 0 aromatic heterocycles. The Balaban J connectivity index is 1.38. The van der Waals surface area contributed by atoms with Gasteiger partial charge in [0.2, 0.25) is 17.7 Å². The number of aryl methyl sites for hydroxylation is 1. The number of likely N-dealkylation sites (tertiary alicyclic amines) is 1. The number of carbonyl (C=O) groups excluding carboxylic acids is 3. The predicted molar refractivity (Wildman–Crippen MR) is 190 cm³/mol. The molecule has 0 bridgehead atoms. The SMILES string of the molecule is CC[C@@H](C)C1(NC(C)=O)CCN(C(CCc2ccccc2)C(=O)N[C@@H](Cc2cc(F)cc(F)c2)[C@H](O)[C@H]2C[C@@H](OCc3ccc(F)cc3)CN2)C1=O. The molecule has 9 nitrogen and oxygen atoms in total. The second-order valence-corrected chi connectivity index (χ2v) is 14.1. The van der Waals surface area contributed by atoms with Crippen LogP contribution in [0.3, 0.4) is 0 Å². The van der Waals surface area contributed by atoms with Gasteiger partial charge in [0.15, 0.2) is 0 Å². The monoisotopic (exact) mass is 722 g/mol. The van der Waals surface area contributed by atoms with Crippen LogP contribution >= 0.6 is 0 Å². The normalized spacial score (nSPS) is 22.5. The van der Waals surface area contributed by atoms with Crippen molar-refractivity contribution in [2.24, 2.45) is 5.92 Å². The number of aliphatic hydroxyl groups is 1. The first kappa shape index (κ1) is 39.0. The molecule has 4 N–H and O–H groups in total. The highest BCUT2D eigenvalue weighted by atomic mass is 19.1. The topological polar surface area (TPSA) is 120 Å². The molecule has 2 fully saturated rings. The third kappa shape index (κ3) is 9.58. The lowest BCUT2D eigenvalue weighted by molar-refractivity contribution is -0.144. The van der Waals surface area contributed by atoms with Gasteiger partial charge in [-0.15, -0.1) is 0 Å². The van der Waals surface area contributed by atoms with Gasteiger partial charge in [0.25, 0.3) is 0 Å². The number of carbonyl (C=O) groups is 3. The van der Waals surface area contributed by atoms with Crippen LogP contribution in [0.25, 0.3) is 0 Å². The zero-order chi connectivity index (χ0) is 37.4. The number of amides is 3. The molecule has 0 saturated carbocycles. The van der Waals surface area contributed by atoms with E-state index in [-0.39, 0.29) is 61.2 Å². The first-order valence-corrected chi connectivity index (χ1v) is 18.0. The molecule has 2 aliphatic rings. The summed E-state index contributed by atoms with van der Waals surface area (Å²) in [5, 5.41) is 20.9. The second kappa shape index (κ2) is 17.5. The van der Waals surface area contributed by atoms with Crippen molar-refractivity contribution >= 4 is 17.7 Å². The van der Waals surface area contributed by atoms with Crippen molar-refractivity contribution in [3.63, 3.8) is 0 Å². The Bertz CT molecular complexity index is 1660. The number of halogens is 3. The van der Waals surface area contributed by atoms with E-state index in [0.717, 1.165) is 29.3 Å². The zero-order valence-electron chi connectivity index (χ0n) is 29.9. The Hall–Kier alpha value is -4.26. The van der Waals surface area contributed by atoms with E-state index in [1.54, 1.807) is 12.1 Å². The van der Waals surface area contributed by atoms with Gasteiger partial charge >= 0.3 is 0 Å². The number of nitrogens with zero attached hydrogens (tertiary/aromatic N) is 1. The summed E-state index contributed by atoms with van der Waals surface area (Å²) in [7, 11) is 0. The number of nitrogens with one attached hydrogen (secondary N) is 3. The first-order chi connectivity index (χ1) is 24.9. The molecule has 3 aromatic rings. The predicted octanol–water partition coefficient (Wildman–Crippen LogP) is 4.59. The van der Waals surface area contributed by atoms with E-state index in [2.05, 4.69) is 16.0 Å². The molecule has 2 unspecified atom stereocenters. The minimum atomic E-state index is -1.21. The number of hydrogen-bond donors (Lipinski definition) is 4. The summed E-state index contributed by atoms with van der Waals surface area (Å²) in [6, 6.07) is 16.1. The van der Waals surface area contributed by atoms with Crippen LogP contribution in [-0.4, -0.2) is 76.7 Å². The highest BCUT2D eigenvalue weighted by Crippen LogP contribution is 2.35. The van der Waals surface area contributed by atoms with E-state index in [4.69, 9.17) is 4.74 Å². The highest BCUT2D eigenvalue weighted by molar-refractivity contribution is 5.96. The number of rotatable bonds is 16. The van der Waals surface area contributed by atoms with Gasteiger partial charge in [0.05, 0.1) is 24.9 Å². The summed E-state index contributed by atoms with van der Waals surface area (Å²) in [5.74, 6) is -3.31. The van der Waals surface area contributed by atoms with Gasteiger partial charge in [-0.05, 0) is 79.0 Å². The van der Waals surface area contributed by atoms with E-state index in [1.807, 2.05) is 44.2 Å². The average Bonchev–Trinajstić information content (AvgIpc) is 3.72. The van der Waals surface area contributed by atoms with Gasteiger partial charge in [0.1, 0.15) is 29.0 Å². The van der Waals surface area contributed by atoms with Gasteiger partial charge in [-0.1, -0.05) is 62.7 Å². The molecule has 7 atom stereocenters. The maximum absolute atomic E-state index is 14.4. The van der Waals surface area contributed by atoms with Gasteiger partial charge in [0, 0.05) is 32.1 Å². The molecular weight excluding hydrogens is 673 g/mol. The third-order valence-corrected chi connectivity index (χ3v) is 10.5. The number of benzene rings is 3. The first-order valence-electron chi connectivity index (χ1n) is 18.0. The maximum Gasteiger partial charge on any atom is 0.249 e. The smallest absolute Gasteiger partial charge is 0.249 e. The number of hydrogen-bond acceptors (Lipinski definition) is 6. The van der Waals surface area contributed by atoms with Gasteiger partial charge in [-0.25, -0.2) is 13.2 Å². The molecule has 2 aliphatic heterocycles. The van der Waals surface area contributed by atoms with E-state index in [0.29, 0.717) is 32.2 Å². The van der Waals surface area contributed by atoms with E-state index in [9.17, 15) is 32.7 Å². The largest absolute Gasteiger partial charge is 0.389 e. The van der Waals surface area contributed by atoms with Crippen molar-refractivity contribution in [1.29, 1.82) is 0 Å². The molecule has 0 aliphatic carbocycles. The lowest BCUT2D eigenvalue weighted by Gasteiger charge is -2.36. The Morgan fingerprint density at radius 2 is 1.69 bits per heavy atom. The van der Waals surface area contributed by atoms with Crippen LogP contribution in [0.4, 0.5) is 13.2 Å². The third-order valence-electron chi connectivity index (χ3n) is 10.5. The fourth-order valence-electron chi connectivity index (χ4n) is 7.51. The fraction of sp³-hybridized carbons (Fsp3) is 0.475. The molecule has 3 amide bonds. The fourth-order valence-corrected chi connectivity index (χ4v) is 7.51. The lowest BCUT2D eigenvalue weighted by Crippen LogP contribution is -2.61. The van der Waals surface area contributed by atoms with Gasteiger partial charge in [-0.2, -0.15) is 0 Å². The quantitative estimate of drug-likeness (QED) is 0.172. The summed E-state index contributed by atoms with van der Waals surface area (Å²) >= 11 is 0. The summed E-state index contributed by atoms with van der Waals surface area (Å²) < 4.78 is 48.0. The molecule has 0 spiro atoms. The van der Waals surface area contributed by atoms with Crippen molar-refractivity contribution in [3.8, 4) is 0 Å². The average molecular weight is 723 g/mol. The molecule has 2 heterocycles. The molecular formula is C40H49F3N4O5. The molecule has 3 aromatic carbocycles. The summed E-state index contributed by atoms with van der Waals surface area (Å²) in [5.41, 5.74) is 0.831. The van der Waals surface area contributed by atoms with Crippen molar-refractivity contribution in [3.05, 3.63) is 107 Å². The van der Waals surface area contributed by atoms with Gasteiger partial charge in [-0.3, -0.25) is 14.4 Å². The van der Waals surface area contributed by atoms with Crippen LogP contribution in [0.5, 0.6) is 0 Å². The lowest BCUT2D eigenvalue weighted by atomic mass is 9.81. The summed E-state index contributed by atoms with van der Waals surface area (Å²) in [4.78, 5) is 42.6. The molecule has 12 heteroatoms. The van der Waals surface area contributed by atoms with Crippen molar-refractivity contribution in [2.75, 3.05) is 13.1 Å². The standard InChI is InChI=1S/C40H49F3N4O5/c1-4-25(2)40(46-26(3)48)16-17-47(39(40)51)36(15-12-27-8-6-5-7-9-27)38(50)45-35(20-29-18-31(42)21-32(43)19-29)37(49)34-22-33(23-44-34)52-24-28-10-13-30(41)14-11-28/h5-11,13-14,18-19,21,25,33-37,44,49H,4,12,15-17,20,22-24H2,1-3H3,(H,45,50)(H,46,48)/t25-,33-,34-,35+,36?,37-,40?/m1/s1. The van der Waals surface area contributed by atoms with Crippen LogP contribution in [0.1, 0.15) is 63.1 Å². The van der Waals surface area contributed by atoms with Crippen LogP contribution in [-0.2, 0) is 38.6 Å². The zero-order valence-corrected chi connectivity index (χ0v) is 29.9. The van der Waals surface area contributed by atoms with Crippen LogP contribution in [0.2, 0.25) is 0 Å². The Morgan fingerprint density at radius 3 is 2.35 bits per heavy atom. The minimum Gasteiger partial charge on any atom is -0.389 e. The Morgan fingerprint density at radius 1 is 1.00 bits per heavy atom. The highest BCUT2D eigenvalue weighted by Gasteiger charge is 2.53. The molecule has 5 rings (SSSR count).